The summed E-state index contributed by atoms with van der Waals surface area (Å²) in [6.07, 6.45) is 4.56. The van der Waals surface area contributed by atoms with E-state index in [2.05, 4.69) is 11.8 Å². The number of sulfonamides is 1. The Morgan fingerprint density at radius 2 is 2.00 bits per heavy atom. The van der Waals surface area contributed by atoms with Gasteiger partial charge in [0.05, 0.1) is 6.61 Å². The van der Waals surface area contributed by atoms with Crippen LogP contribution in [0, 0.1) is 23.7 Å². The summed E-state index contributed by atoms with van der Waals surface area (Å²) in [6.45, 7) is 4.46. The highest BCUT2D eigenvalue weighted by Crippen LogP contribution is 2.34. The number of hydrogen-bond acceptors (Lipinski definition) is 5. The largest absolute Gasteiger partial charge is 0.487 e. The molecular weight excluding hydrogens is 400 g/mol. The molecule has 1 heterocycles. The number of rotatable bonds is 4. The Hall–Kier alpha value is -1.59. The van der Waals surface area contributed by atoms with Gasteiger partial charge in [0.1, 0.15) is 16.7 Å². The van der Waals surface area contributed by atoms with Gasteiger partial charge in [-0.25, -0.2) is 8.42 Å². The van der Waals surface area contributed by atoms with Gasteiger partial charge in [-0.05, 0) is 52.1 Å². The van der Waals surface area contributed by atoms with Crippen LogP contribution in [0.1, 0.15) is 45.1 Å². The second-order valence-electron chi connectivity index (χ2n) is 8.91. The maximum atomic E-state index is 13.4. The summed E-state index contributed by atoms with van der Waals surface area (Å²) >= 11 is 0. The standard InChI is InChI=1S/C23H34N2O4S/c1-17-14-25(18(2)16-26)30(27,28)23-12-11-20(10-9-19-7-5-6-8-19)13-21(23)29-22(17)15-24(3)4/h11-13,17-19,22,26H,5-8,14-16H2,1-4H3/t17-,18+,22+/m1/s1. The highest BCUT2D eigenvalue weighted by molar-refractivity contribution is 7.89. The molecule has 3 atom stereocenters. The van der Waals surface area contributed by atoms with Crippen molar-refractivity contribution in [2.24, 2.45) is 11.8 Å². The lowest BCUT2D eigenvalue weighted by Gasteiger charge is -2.37. The SMILES string of the molecule is C[C@@H]1CN([C@@H](C)CO)S(=O)(=O)c2ccc(C#CC3CCCC3)cc2O[C@H]1CN(C)C. The Morgan fingerprint density at radius 3 is 2.63 bits per heavy atom. The van der Waals surface area contributed by atoms with Gasteiger partial charge in [0.2, 0.25) is 10.0 Å². The van der Waals surface area contributed by atoms with Crippen molar-refractivity contribution in [3.8, 4) is 17.6 Å². The lowest BCUT2D eigenvalue weighted by Crippen LogP contribution is -2.49. The fourth-order valence-corrected chi connectivity index (χ4v) is 5.96. The number of aliphatic hydroxyl groups is 1. The quantitative estimate of drug-likeness (QED) is 0.738. The molecule has 0 amide bonds. The second-order valence-corrected chi connectivity index (χ2v) is 10.8. The van der Waals surface area contributed by atoms with Gasteiger partial charge >= 0.3 is 0 Å². The lowest BCUT2D eigenvalue weighted by atomic mass is 10.0. The molecule has 7 heteroatoms. The van der Waals surface area contributed by atoms with E-state index in [1.54, 1.807) is 25.1 Å². The summed E-state index contributed by atoms with van der Waals surface area (Å²) < 4.78 is 34.5. The monoisotopic (exact) mass is 434 g/mol. The molecule has 166 valence electrons. The Morgan fingerprint density at radius 1 is 1.30 bits per heavy atom. The molecular formula is C23H34N2O4S. The van der Waals surface area contributed by atoms with Crippen LogP contribution in [0.4, 0.5) is 0 Å². The smallest absolute Gasteiger partial charge is 0.247 e. The van der Waals surface area contributed by atoms with Crippen LogP contribution < -0.4 is 4.74 Å². The molecule has 3 rings (SSSR count). The van der Waals surface area contributed by atoms with Crippen molar-refractivity contribution in [3.63, 3.8) is 0 Å². The maximum Gasteiger partial charge on any atom is 0.247 e. The van der Waals surface area contributed by atoms with Crippen LogP contribution in [0.2, 0.25) is 0 Å². The predicted octanol–water partition coefficient (Wildman–Crippen LogP) is 2.56. The third-order valence-corrected chi connectivity index (χ3v) is 8.01. The molecule has 0 spiro atoms. The van der Waals surface area contributed by atoms with E-state index in [0.29, 0.717) is 24.8 Å². The van der Waals surface area contributed by atoms with Gasteiger partial charge in [-0.1, -0.05) is 31.6 Å². The van der Waals surface area contributed by atoms with Gasteiger partial charge in [-0.2, -0.15) is 4.31 Å². The maximum absolute atomic E-state index is 13.4. The van der Waals surface area contributed by atoms with Crippen molar-refractivity contribution >= 4 is 10.0 Å². The van der Waals surface area contributed by atoms with E-state index in [1.165, 1.54) is 17.1 Å². The molecule has 6 nitrogen and oxygen atoms in total. The zero-order chi connectivity index (χ0) is 21.9. The van der Waals surface area contributed by atoms with Crippen molar-refractivity contribution in [3.05, 3.63) is 23.8 Å². The van der Waals surface area contributed by atoms with Crippen molar-refractivity contribution in [1.82, 2.24) is 9.21 Å². The van der Waals surface area contributed by atoms with Gasteiger partial charge < -0.3 is 14.7 Å². The van der Waals surface area contributed by atoms with Gasteiger partial charge in [0.15, 0.2) is 0 Å². The van der Waals surface area contributed by atoms with Gasteiger partial charge in [0, 0.05) is 36.5 Å². The summed E-state index contributed by atoms with van der Waals surface area (Å²) in [5.41, 5.74) is 0.773. The number of aliphatic hydroxyl groups excluding tert-OH is 1. The minimum atomic E-state index is -3.80. The molecule has 0 aromatic heterocycles. The third kappa shape index (κ3) is 5.17. The van der Waals surface area contributed by atoms with Crippen molar-refractivity contribution in [1.29, 1.82) is 0 Å². The van der Waals surface area contributed by atoms with Gasteiger partial charge in [-0.15, -0.1) is 0 Å². The van der Waals surface area contributed by atoms with E-state index < -0.39 is 16.1 Å². The molecule has 1 aromatic rings. The predicted molar refractivity (Wildman–Crippen MR) is 118 cm³/mol. The molecule has 1 N–H and O–H groups in total. The molecule has 1 aromatic carbocycles. The number of fused-ring (bicyclic) bond motifs is 1. The number of benzene rings is 1. The molecule has 0 radical (unpaired) electrons. The second kappa shape index (κ2) is 9.69. The lowest BCUT2D eigenvalue weighted by molar-refractivity contribution is 0.0812. The van der Waals surface area contributed by atoms with E-state index in [4.69, 9.17) is 4.74 Å². The van der Waals surface area contributed by atoms with Crippen molar-refractivity contribution in [2.45, 2.75) is 56.6 Å². The average Bonchev–Trinajstić information content (AvgIpc) is 3.21. The zero-order valence-corrected chi connectivity index (χ0v) is 19.3. The minimum Gasteiger partial charge on any atom is -0.487 e. The summed E-state index contributed by atoms with van der Waals surface area (Å²) in [4.78, 5) is 2.19. The van der Waals surface area contributed by atoms with Crippen LogP contribution >= 0.6 is 0 Å². The Labute approximate surface area is 181 Å². The molecule has 1 saturated carbocycles. The van der Waals surface area contributed by atoms with Crippen LogP contribution in [0.15, 0.2) is 23.1 Å². The molecule has 1 aliphatic carbocycles. The average molecular weight is 435 g/mol. The summed E-state index contributed by atoms with van der Waals surface area (Å²) in [7, 11) is 0.153. The van der Waals surface area contributed by atoms with Crippen LogP contribution in [0.5, 0.6) is 5.75 Å². The molecule has 2 aliphatic rings. The number of ether oxygens (including phenoxy) is 1. The summed E-state index contributed by atoms with van der Waals surface area (Å²) in [5, 5.41) is 9.68. The number of nitrogens with zero attached hydrogens (tertiary/aromatic N) is 2. The third-order valence-electron chi connectivity index (χ3n) is 5.99. The van der Waals surface area contributed by atoms with Gasteiger partial charge in [0.25, 0.3) is 0 Å². The number of likely N-dealkylation sites (N-methyl/N-ethyl adjacent to an activating group) is 1. The zero-order valence-electron chi connectivity index (χ0n) is 18.5. The highest BCUT2D eigenvalue weighted by atomic mass is 32.2. The Kier molecular flexibility index (Phi) is 7.46. The van der Waals surface area contributed by atoms with Crippen LogP contribution in [-0.2, 0) is 10.0 Å². The first-order valence-corrected chi connectivity index (χ1v) is 12.3. The van der Waals surface area contributed by atoms with Crippen LogP contribution in [0.3, 0.4) is 0 Å². The summed E-state index contributed by atoms with van der Waals surface area (Å²) in [5.74, 6) is 7.29. The van der Waals surface area contributed by atoms with E-state index in [9.17, 15) is 13.5 Å². The Balaban J connectivity index is 2.04. The van der Waals surface area contributed by atoms with E-state index in [-0.39, 0.29) is 23.5 Å². The summed E-state index contributed by atoms with van der Waals surface area (Å²) in [6, 6.07) is 4.61. The first-order chi connectivity index (χ1) is 14.2. The van der Waals surface area contributed by atoms with E-state index >= 15 is 0 Å². The van der Waals surface area contributed by atoms with E-state index in [1.807, 2.05) is 25.9 Å². The topological polar surface area (TPSA) is 70.1 Å². The molecule has 1 fully saturated rings. The molecule has 0 unspecified atom stereocenters. The fraction of sp³-hybridized carbons (Fsp3) is 0.652. The normalized spacial score (nSPS) is 25.5. The fourth-order valence-electron chi connectivity index (χ4n) is 4.14. The Bertz CT molecular complexity index is 898. The van der Waals surface area contributed by atoms with Crippen molar-refractivity contribution in [2.75, 3.05) is 33.8 Å². The molecule has 0 bridgehead atoms. The first-order valence-electron chi connectivity index (χ1n) is 10.8. The van der Waals surface area contributed by atoms with E-state index in [0.717, 1.165) is 18.4 Å². The minimum absolute atomic E-state index is 0.0439. The molecule has 1 aliphatic heterocycles. The van der Waals surface area contributed by atoms with Crippen LogP contribution in [0.25, 0.3) is 0 Å². The molecule has 30 heavy (non-hydrogen) atoms. The van der Waals surface area contributed by atoms with Gasteiger partial charge in [-0.3, -0.25) is 0 Å². The van der Waals surface area contributed by atoms with Crippen LogP contribution in [-0.4, -0.2) is 68.7 Å². The number of hydrogen-bond donors (Lipinski definition) is 1. The highest BCUT2D eigenvalue weighted by Gasteiger charge is 2.37. The molecule has 0 saturated heterocycles. The first kappa shape index (κ1) is 23.1. The van der Waals surface area contributed by atoms with Crippen molar-refractivity contribution < 1.29 is 18.3 Å².